The zero-order valence-electron chi connectivity index (χ0n) is 10.7. The Morgan fingerprint density at radius 2 is 2.05 bits per heavy atom. The molecule has 104 valence electrons. The van der Waals surface area contributed by atoms with E-state index < -0.39 is 0 Å². The van der Waals surface area contributed by atoms with E-state index in [1.165, 1.54) is 0 Å². The number of urea groups is 1. The van der Waals surface area contributed by atoms with Gasteiger partial charge in [-0.15, -0.1) is 0 Å². The molecule has 0 unspecified atom stereocenters. The molecule has 2 aromatic rings. The topological polar surface area (TPSA) is 54.0 Å². The van der Waals surface area contributed by atoms with Gasteiger partial charge in [-0.3, -0.25) is 4.98 Å². The highest BCUT2D eigenvalue weighted by Crippen LogP contribution is 2.25. The Hall–Kier alpha value is -1.78. The molecule has 0 aliphatic carbocycles. The number of halogens is 2. The van der Waals surface area contributed by atoms with Crippen molar-refractivity contribution in [2.75, 3.05) is 5.32 Å². The van der Waals surface area contributed by atoms with Crippen molar-refractivity contribution in [1.29, 1.82) is 0 Å². The third-order valence-electron chi connectivity index (χ3n) is 2.71. The molecule has 1 heterocycles. The van der Waals surface area contributed by atoms with Crippen LogP contribution in [0.5, 0.6) is 0 Å². The number of hydrogen-bond acceptors (Lipinski definition) is 2. The van der Waals surface area contributed by atoms with Crippen LogP contribution in [-0.4, -0.2) is 11.0 Å². The van der Waals surface area contributed by atoms with Crippen LogP contribution in [0.15, 0.2) is 42.7 Å². The van der Waals surface area contributed by atoms with Crippen molar-refractivity contribution < 1.29 is 4.79 Å². The maximum atomic E-state index is 11.9. The molecule has 0 radical (unpaired) electrons. The molecule has 4 nitrogen and oxygen atoms in total. The largest absolute Gasteiger partial charge is 0.331 e. The van der Waals surface area contributed by atoms with Gasteiger partial charge in [0.15, 0.2) is 0 Å². The van der Waals surface area contributed by atoms with Crippen molar-refractivity contribution in [3.63, 3.8) is 0 Å². The number of nitrogens with zero attached hydrogens (tertiary/aromatic N) is 1. The summed E-state index contributed by atoms with van der Waals surface area (Å²) in [5.41, 5.74) is 1.51. The number of carbonyl (C=O) groups is 1. The highest BCUT2D eigenvalue weighted by atomic mass is 35.5. The van der Waals surface area contributed by atoms with Crippen molar-refractivity contribution in [3.8, 4) is 0 Å². The fraction of sp³-hybridized carbons (Fsp3) is 0.143. The van der Waals surface area contributed by atoms with Crippen LogP contribution in [-0.2, 0) is 0 Å². The summed E-state index contributed by atoms with van der Waals surface area (Å²) < 4.78 is 0. The summed E-state index contributed by atoms with van der Waals surface area (Å²) in [6.45, 7) is 1.88. The first-order chi connectivity index (χ1) is 9.56. The molecule has 0 aliphatic rings. The van der Waals surface area contributed by atoms with Crippen LogP contribution >= 0.6 is 23.2 Å². The number of hydrogen-bond donors (Lipinski definition) is 2. The fourth-order valence-corrected chi connectivity index (χ4v) is 1.95. The van der Waals surface area contributed by atoms with Crippen LogP contribution in [0.4, 0.5) is 10.5 Å². The van der Waals surface area contributed by atoms with Crippen LogP contribution in [0.3, 0.4) is 0 Å². The molecule has 1 aromatic carbocycles. The maximum absolute atomic E-state index is 11.9. The third-order valence-corrected chi connectivity index (χ3v) is 3.45. The zero-order valence-corrected chi connectivity index (χ0v) is 12.2. The Balaban J connectivity index is 1.97. The number of nitrogens with one attached hydrogen (secondary N) is 2. The molecule has 0 saturated carbocycles. The predicted molar refractivity (Wildman–Crippen MR) is 81.3 cm³/mol. The molecule has 2 N–H and O–H groups in total. The number of amides is 2. The summed E-state index contributed by atoms with van der Waals surface area (Å²) in [6, 6.07) is 8.16. The van der Waals surface area contributed by atoms with Gasteiger partial charge in [0, 0.05) is 18.1 Å². The van der Waals surface area contributed by atoms with E-state index in [2.05, 4.69) is 15.6 Å². The number of carbonyl (C=O) groups excluding carboxylic acids is 1. The van der Waals surface area contributed by atoms with E-state index in [9.17, 15) is 4.79 Å². The van der Waals surface area contributed by atoms with Crippen LogP contribution in [0.2, 0.25) is 10.0 Å². The lowest BCUT2D eigenvalue weighted by molar-refractivity contribution is 0.249. The minimum Gasteiger partial charge on any atom is -0.331 e. The number of anilines is 1. The van der Waals surface area contributed by atoms with Crippen LogP contribution in [0.1, 0.15) is 18.5 Å². The third kappa shape index (κ3) is 3.85. The molecule has 1 atom stereocenters. The monoisotopic (exact) mass is 309 g/mol. The second-order valence-corrected chi connectivity index (χ2v) is 5.05. The van der Waals surface area contributed by atoms with E-state index in [0.717, 1.165) is 5.56 Å². The molecule has 1 aromatic heterocycles. The molecule has 0 bridgehead atoms. The van der Waals surface area contributed by atoms with Gasteiger partial charge < -0.3 is 10.6 Å². The number of pyridine rings is 1. The predicted octanol–water partition coefficient (Wildman–Crippen LogP) is 4.27. The summed E-state index contributed by atoms with van der Waals surface area (Å²) in [5.74, 6) is 0. The van der Waals surface area contributed by atoms with Gasteiger partial charge in [0.05, 0.1) is 16.1 Å². The Morgan fingerprint density at radius 1 is 1.25 bits per heavy atom. The standard InChI is InChI=1S/C14H13Cl2N3O/c1-9(10-3-2-6-17-8-10)18-14(20)19-11-4-5-12(15)13(16)7-11/h2-9H,1H3,(H2,18,19,20)/t9-/m1/s1. The van der Waals surface area contributed by atoms with Crippen molar-refractivity contribution in [1.82, 2.24) is 10.3 Å². The highest BCUT2D eigenvalue weighted by molar-refractivity contribution is 6.42. The number of benzene rings is 1. The fourth-order valence-electron chi connectivity index (χ4n) is 1.65. The Morgan fingerprint density at radius 3 is 2.70 bits per heavy atom. The van der Waals surface area contributed by atoms with Crippen LogP contribution < -0.4 is 10.6 Å². The second-order valence-electron chi connectivity index (χ2n) is 4.24. The summed E-state index contributed by atoms with van der Waals surface area (Å²) in [5, 5.41) is 6.35. The summed E-state index contributed by atoms with van der Waals surface area (Å²) in [4.78, 5) is 15.9. The van der Waals surface area contributed by atoms with Crippen molar-refractivity contribution in [3.05, 3.63) is 58.3 Å². The summed E-state index contributed by atoms with van der Waals surface area (Å²) >= 11 is 11.7. The molecular weight excluding hydrogens is 297 g/mol. The van der Waals surface area contributed by atoms with Gasteiger partial charge in [-0.2, -0.15) is 0 Å². The van der Waals surface area contributed by atoms with E-state index in [0.29, 0.717) is 15.7 Å². The van der Waals surface area contributed by atoms with Gasteiger partial charge in [0.25, 0.3) is 0 Å². The first kappa shape index (κ1) is 14.6. The average molecular weight is 310 g/mol. The lowest BCUT2D eigenvalue weighted by Gasteiger charge is -2.14. The van der Waals surface area contributed by atoms with Gasteiger partial charge in [-0.1, -0.05) is 29.3 Å². The lowest BCUT2D eigenvalue weighted by atomic mass is 10.1. The van der Waals surface area contributed by atoms with Crippen molar-refractivity contribution >= 4 is 34.9 Å². The summed E-state index contributed by atoms with van der Waals surface area (Å²) in [7, 11) is 0. The minimum absolute atomic E-state index is 0.147. The SMILES string of the molecule is C[C@@H](NC(=O)Nc1ccc(Cl)c(Cl)c1)c1cccnc1. The van der Waals surface area contributed by atoms with Gasteiger partial charge in [-0.25, -0.2) is 4.79 Å². The van der Waals surface area contributed by atoms with Crippen molar-refractivity contribution in [2.45, 2.75) is 13.0 Å². The molecule has 2 amide bonds. The molecule has 6 heteroatoms. The molecule has 20 heavy (non-hydrogen) atoms. The Kier molecular flexibility index (Phi) is 4.82. The first-order valence-electron chi connectivity index (χ1n) is 5.99. The van der Waals surface area contributed by atoms with E-state index in [4.69, 9.17) is 23.2 Å². The van der Waals surface area contributed by atoms with E-state index in [-0.39, 0.29) is 12.1 Å². The lowest BCUT2D eigenvalue weighted by Crippen LogP contribution is -2.31. The van der Waals surface area contributed by atoms with Crippen LogP contribution in [0.25, 0.3) is 0 Å². The smallest absolute Gasteiger partial charge is 0.319 e. The highest BCUT2D eigenvalue weighted by Gasteiger charge is 2.10. The Bertz CT molecular complexity index is 605. The zero-order chi connectivity index (χ0) is 14.5. The average Bonchev–Trinajstić information content (AvgIpc) is 2.44. The van der Waals surface area contributed by atoms with Gasteiger partial charge in [0.1, 0.15) is 0 Å². The molecule has 2 rings (SSSR count). The number of aromatic nitrogens is 1. The second kappa shape index (κ2) is 6.59. The van der Waals surface area contributed by atoms with Gasteiger partial charge in [0.2, 0.25) is 0 Å². The normalized spacial score (nSPS) is 11.8. The molecule has 0 spiro atoms. The number of rotatable bonds is 3. The molecule has 0 aliphatic heterocycles. The molecular formula is C14H13Cl2N3O. The minimum atomic E-state index is -0.320. The van der Waals surface area contributed by atoms with Gasteiger partial charge >= 0.3 is 6.03 Å². The van der Waals surface area contributed by atoms with Gasteiger partial charge in [-0.05, 0) is 36.8 Å². The maximum Gasteiger partial charge on any atom is 0.319 e. The molecule has 0 fully saturated rings. The molecule has 0 saturated heterocycles. The first-order valence-corrected chi connectivity index (χ1v) is 6.74. The van der Waals surface area contributed by atoms with E-state index >= 15 is 0 Å². The van der Waals surface area contributed by atoms with E-state index in [1.807, 2.05) is 19.1 Å². The van der Waals surface area contributed by atoms with Crippen molar-refractivity contribution in [2.24, 2.45) is 0 Å². The van der Waals surface area contributed by atoms with Crippen LogP contribution in [0, 0.1) is 0 Å². The quantitative estimate of drug-likeness (QED) is 0.889. The Labute approximate surface area is 127 Å². The summed E-state index contributed by atoms with van der Waals surface area (Å²) in [6.07, 6.45) is 3.40. The van der Waals surface area contributed by atoms with E-state index in [1.54, 1.807) is 30.6 Å².